The summed E-state index contributed by atoms with van der Waals surface area (Å²) in [5, 5.41) is 45.8. The van der Waals surface area contributed by atoms with Crippen molar-refractivity contribution in [3.8, 4) is 0 Å². The Bertz CT molecular complexity index is 2080. The van der Waals surface area contributed by atoms with E-state index in [-0.39, 0.29) is 25.1 Å². The minimum atomic E-state index is -5.72. The van der Waals surface area contributed by atoms with Crippen LogP contribution in [-0.2, 0) is 51.1 Å². The highest BCUT2D eigenvalue weighted by Crippen LogP contribution is 2.60. The molecule has 2 fully saturated rings. The van der Waals surface area contributed by atoms with E-state index in [9.17, 15) is 58.5 Å². The number of aromatic nitrogens is 2. The van der Waals surface area contributed by atoms with Gasteiger partial charge >= 0.3 is 33.3 Å². The number of phosphoric acid groups is 2. The lowest BCUT2D eigenvalue weighted by atomic mass is 9.83. The Morgan fingerprint density at radius 3 is 2.25 bits per heavy atom. The number of allylic oxidation sites excluding steroid dienone is 6. The number of nitrogen functional groups attached to an aromatic ring is 1. The van der Waals surface area contributed by atoms with E-state index in [0.29, 0.717) is 44.9 Å². The summed E-state index contributed by atoms with van der Waals surface area (Å²) in [7, 11) is -11.3. The summed E-state index contributed by atoms with van der Waals surface area (Å²) in [6, 6.07) is 1.24. The van der Waals surface area contributed by atoms with Crippen LogP contribution in [-0.4, -0.2) is 114 Å². The second-order valence-corrected chi connectivity index (χ2v) is 21.5. The summed E-state index contributed by atoms with van der Waals surface area (Å²) < 4.78 is 59.0. The number of esters is 2. The van der Waals surface area contributed by atoms with Crippen LogP contribution >= 0.6 is 15.6 Å². The summed E-state index contributed by atoms with van der Waals surface area (Å²) in [6.45, 7) is 1.34. The molecule has 73 heavy (non-hydrogen) atoms. The fraction of sp³-hybridized carbons (Fsp3) is 0.700. The van der Waals surface area contributed by atoms with Gasteiger partial charge in [0.2, 0.25) is 0 Å². The predicted molar refractivity (Wildman–Crippen MR) is 271 cm³/mol. The number of aliphatic hydroxyl groups excluding tert-OH is 4. The van der Waals surface area contributed by atoms with E-state index >= 15 is 0 Å². The number of nitrogens with two attached hydrogens (primary N) is 1. The van der Waals surface area contributed by atoms with Crippen LogP contribution in [0.5, 0.6) is 0 Å². The number of anilines is 1. The summed E-state index contributed by atoms with van der Waals surface area (Å²) in [5.74, 6) is -5.08. The highest BCUT2D eigenvalue weighted by molar-refractivity contribution is 7.61. The molecule has 21 nitrogen and oxygen atoms in total. The molecule has 11 atom stereocenters. The standard InChI is InChI=1S/C50H81N3O18P2/c1-3-5-7-8-9-10-11-12-13-14-15-16-17-18-24-28-46(58)69-38-34-66-45(57)27-23-20-19-22-26-40-42(56)33-41(55)39(30-29-37(54)25-21-6-4-2)47(59)48(60)43(36-68-73(64,65)71-72(62,63)67-35-38)70-49(40)53-32-31-44(51)52-50(53)61/h5,7,9-10,12-13,29-32,37-40,42-43,47-49,54,56,59-60H,3-4,6,8,11,14-28,33-36H2,1-2H3,(H,62,63)(H,64,65)(H2,51,52,61)/b7-5-,10-9-,13-12-,30-29+/t37-,38+,39-,40-,42-,43+,47-,48+,49+/m0/s1. The fourth-order valence-corrected chi connectivity index (χ4v) is 10.3. The van der Waals surface area contributed by atoms with Gasteiger partial charge in [-0.2, -0.15) is 9.29 Å². The van der Waals surface area contributed by atoms with Crippen molar-refractivity contribution in [2.45, 2.75) is 192 Å². The van der Waals surface area contributed by atoms with Gasteiger partial charge in [-0.1, -0.05) is 120 Å². The molecule has 8 N–H and O–H groups in total. The molecule has 2 aliphatic rings. The van der Waals surface area contributed by atoms with Crippen LogP contribution < -0.4 is 11.4 Å². The SMILES string of the molecule is CC/C=C\C/C=C\C/C=C\CCCCCCCC(=O)O[C@@H]1COC(=O)CCCCCC[C@@H]2[C@H](n3ccc(N)nc3=O)O[C@H](COP(=O)(O)OP(=O)(O)OC1)[C@@H](O)[C@@H](O)[C@@H](/C=C/[C@@H](O)CCCCC)C(=O)C[C@@H]2O. The maximum atomic E-state index is 14.0. The number of nitrogens with zero attached hydrogens (tertiary/aromatic N) is 2. The monoisotopic (exact) mass is 1070 g/mol. The van der Waals surface area contributed by atoms with Crippen LogP contribution in [0.3, 0.4) is 0 Å². The predicted octanol–water partition coefficient (Wildman–Crippen LogP) is 7.14. The molecule has 0 spiro atoms. The maximum absolute atomic E-state index is 14.0. The molecule has 2 unspecified atom stereocenters. The van der Waals surface area contributed by atoms with Gasteiger partial charge in [-0.3, -0.25) is 28.0 Å². The average molecular weight is 1070 g/mol. The molecule has 0 radical (unpaired) electrons. The van der Waals surface area contributed by atoms with Crippen LogP contribution in [0, 0.1) is 11.8 Å². The zero-order chi connectivity index (χ0) is 53.7. The molecular weight excluding hydrogens is 993 g/mol. The fourth-order valence-electron chi connectivity index (χ4n) is 8.23. The number of unbranched alkanes of at least 4 members (excludes halogenated alkanes) is 7. The summed E-state index contributed by atoms with van der Waals surface area (Å²) >= 11 is 0. The number of hydrogen-bond acceptors (Lipinski definition) is 18. The molecule has 2 bridgehead atoms. The van der Waals surface area contributed by atoms with Gasteiger partial charge < -0.3 is 50.2 Å². The van der Waals surface area contributed by atoms with Crippen LogP contribution in [0.4, 0.5) is 5.82 Å². The third-order valence-electron chi connectivity index (χ3n) is 12.3. The van der Waals surface area contributed by atoms with Gasteiger partial charge in [0.05, 0.1) is 37.4 Å². The van der Waals surface area contributed by atoms with Gasteiger partial charge in [-0.25, -0.2) is 13.9 Å². The molecule has 2 saturated heterocycles. The zero-order valence-corrected chi connectivity index (χ0v) is 44.2. The van der Waals surface area contributed by atoms with Crippen LogP contribution in [0.25, 0.3) is 0 Å². The number of aliphatic hydroxyl groups is 4. The van der Waals surface area contributed by atoms with Crippen molar-refractivity contribution in [1.29, 1.82) is 0 Å². The van der Waals surface area contributed by atoms with E-state index in [1.165, 1.54) is 24.4 Å². The van der Waals surface area contributed by atoms with Gasteiger partial charge in [-0.15, -0.1) is 0 Å². The summed E-state index contributed by atoms with van der Waals surface area (Å²) in [5.41, 5.74) is 4.78. The Hall–Kier alpha value is -3.69. The van der Waals surface area contributed by atoms with Crippen molar-refractivity contribution in [3.05, 3.63) is 71.4 Å². The second kappa shape index (κ2) is 34.8. The molecule has 0 aliphatic carbocycles. The number of Topliss-reactive ketones (excluding diaryl/α,β-unsaturated/α-hetero) is 1. The number of carbonyl (C=O) groups excluding carboxylic acids is 3. The van der Waals surface area contributed by atoms with Gasteiger partial charge in [0.1, 0.15) is 36.6 Å². The molecule has 3 rings (SSSR count). The van der Waals surface area contributed by atoms with Crippen molar-refractivity contribution in [2.24, 2.45) is 11.8 Å². The highest BCUT2D eigenvalue weighted by atomic mass is 31.3. The zero-order valence-electron chi connectivity index (χ0n) is 42.4. The lowest BCUT2D eigenvalue weighted by molar-refractivity contribution is -0.188. The normalized spacial score (nSPS) is 29.6. The molecule has 0 amide bonds. The van der Waals surface area contributed by atoms with Crippen molar-refractivity contribution in [1.82, 2.24) is 9.55 Å². The van der Waals surface area contributed by atoms with Gasteiger partial charge in [0.15, 0.2) is 6.10 Å². The largest absolute Gasteiger partial charge is 0.481 e. The Kier molecular flexibility index (Phi) is 30.3. The molecule has 2 aliphatic heterocycles. The smallest absolute Gasteiger partial charge is 0.462 e. The maximum Gasteiger partial charge on any atom is 0.481 e. The van der Waals surface area contributed by atoms with E-state index in [1.54, 1.807) is 0 Å². The van der Waals surface area contributed by atoms with E-state index in [4.69, 9.17) is 29.0 Å². The lowest BCUT2D eigenvalue weighted by Gasteiger charge is -2.39. The van der Waals surface area contributed by atoms with Crippen molar-refractivity contribution in [2.75, 3.05) is 25.6 Å². The number of hydrogen-bond donors (Lipinski definition) is 7. The molecule has 0 aromatic carbocycles. The van der Waals surface area contributed by atoms with Crippen molar-refractivity contribution < 1.29 is 81.3 Å². The number of rotatable bonds is 21. The van der Waals surface area contributed by atoms with Crippen LogP contribution in [0.15, 0.2) is 65.7 Å². The Labute approximate surface area is 429 Å². The van der Waals surface area contributed by atoms with Gasteiger partial charge in [0.25, 0.3) is 0 Å². The van der Waals surface area contributed by atoms with Gasteiger partial charge in [-0.05, 0) is 63.9 Å². The Morgan fingerprint density at radius 1 is 0.863 bits per heavy atom. The third kappa shape index (κ3) is 25.6. The van der Waals surface area contributed by atoms with E-state index in [2.05, 4.69) is 52.7 Å². The Morgan fingerprint density at radius 2 is 1.53 bits per heavy atom. The number of cyclic esters (lactones) is 1. The molecule has 23 heteroatoms. The van der Waals surface area contributed by atoms with Crippen LogP contribution in [0.2, 0.25) is 0 Å². The average Bonchev–Trinajstić information content (AvgIpc) is 3.33. The van der Waals surface area contributed by atoms with E-state index in [1.807, 2.05) is 6.92 Å². The van der Waals surface area contributed by atoms with Gasteiger partial charge in [0, 0.05) is 31.4 Å². The first-order chi connectivity index (χ1) is 34.9. The molecule has 1 aromatic rings. The quantitative estimate of drug-likeness (QED) is 0.0278. The highest BCUT2D eigenvalue weighted by Gasteiger charge is 2.45. The number of fused-ring (bicyclic) bond motifs is 3. The third-order valence-corrected chi connectivity index (χ3v) is 14.9. The second-order valence-electron chi connectivity index (χ2n) is 18.4. The Balaban J connectivity index is 1.81. The number of ether oxygens (including phenoxy) is 3. The molecular formula is C50H81N3O18P2. The number of ketones is 1. The number of carbonyl (C=O) groups is 3. The molecule has 3 heterocycles. The summed E-state index contributed by atoms with van der Waals surface area (Å²) in [4.78, 5) is 78.2. The van der Waals surface area contributed by atoms with Crippen molar-refractivity contribution in [3.63, 3.8) is 0 Å². The molecule has 0 saturated carbocycles. The first-order valence-electron chi connectivity index (χ1n) is 25.8. The topological polar surface area (TPSA) is 323 Å². The molecule has 1 aromatic heterocycles. The van der Waals surface area contributed by atoms with E-state index in [0.717, 1.165) is 68.8 Å². The van der Waals surface area contributed by atoms with Crippen molar-refractivity contribution >= 4 is 39.2 Å². The number of phosphoric ester groups is 2. The lowest BCUT2D eigenvalue weighted by Crippen LogP contribution is -2.51. The van der Waals surface area contributed by atoms with Crippen LogP contribution in [0.1, 0.15) is 155 Å². The minimum Gasteiger partial charge on any atom is -0.462 e. The molecule has 414 valence electrons. The van der Waals surface area contributed by atoms with E-state index < -0.39 is 120 Å². The summed E-state index contributed by atoms with van der Waals surface area (Å²) in [6.07, 6.45) is 16.0. The minimum absolute atomic E-state index is 0.0186. The first-order valence-corrected chi connectivity index (χ1v) is 28.7. The first kappa shape index (κ1) is 63.6.